The van der Waals surface area contributed by atoms with Gasteiger partial charge in [0.05, 0.1) is 5.41 Å². The molecule has 0 amide bonds. The number of carboxylic acids is 1. The van der Waals surface area contributed by atoms with Crippen LogP contribution in [0.5, 0.6) is 5.75 Å². The molecule has 0 aliphatic heterocycles. The van der Waals surface area contributed by atoms with Crippen molar-refractivity contribution in [3.8, 4) is 5.75 Å². The van der Waals surface area contributed by atoms with Crippen LogP contribution in [0.15, 0.2) is 54.6 Å². The Morgan fingerprint density at radius 2 is 1.65 bits per heavy atom. The lowest BCUT2D eigenvalue weighted by Gasteiger charge is -2.29. The molecule has 0 saturated heterocycles. The predicted octanol–water partition coefficient (Wildman–Crippen LogP) is 3.37. The molecule has 0 bridgehead atoms. The fourth-order valence-corrected chi connectivity index (χ4v) is 2.50. The first-order chi connectivity index (χ1) is 9.58. The van der Waals surface area contributed by atoms with Crippen LogP contribution in [0.1, 0.15) is 24.5 Å². The molecule has 0 spiro atoms. The number of benzene rings is 2. The molecule has 3 heteroatoms. The Balaban J connectivity index is 2.42. The van der Waals surface area contributed by atoms with Crippen LogP contribution in [0.2, 0.25) is 0 Å². The van der Waals surface area contributed by atoms with E-state index in [9.17, 15) is 15.0 Å². The highest BCUT2D eigenvalue weighted by Gasteiger charge is 2.38. The molecule has 0 radical (unpaired) electrons. The molecule has 0 fully saturated rings. The van der Waals surface area contributed by atoms with Crippen LogP contribution >= 0.6 is 0 Å². The number of carbonyl (C=O) groups is 1. The maximum absolute atomic E-state index is 11.9. The zero-order valence-electron chi connectivity index (χ0n) is 11.4. The summed E-state index contributed by atoms with van der Waals surface area (Å²) in [5, 5.41) is 19.1. The molecule has 104 valence electrons. The molecule has 1 unspecified atom stereocenters. The molecule has 0 saturated carbocycles. The summed E-state index contributed by atoms with van der Waals surface area (Å²) in [7, 11) is 0. The van der Waals surface area contributed by atoms with Crippen LogP contribution < -0.4 is 0 Å². The molecule has 0 aliphatic rings. The number of aliphatic carboxylic acids is 1. The number of carboxylic acid groups (broad SMARTS) is 1. The van der Waals surface area contributed by atoms with E-state index in [1.165, 1.54) is 0 Å². The van der Waals surface area contributed by atoms with Crippen molar-refractivity contribution in [1.82, 2.24) is 0 Å². The van der Waals surface area contributed by atoms with E-state index in [0.29, 0.717) is 12.8 Å². The molecule has 0 heterocycles. The lowest BCUT2D eigenvalue weighted by molar-refractivity contribution is -0.144. The van der Waals surface area contributed by atoms with Gasteiger partial charge < -0.3 is 10.2 Å². The van der Waals surface area contributed by atoms with Gasteiger partial charge in [0.15, 0.2) is 0 Å². The molecular formula is C17H18O3. The lowest BCUT2D eigenvalue weighted by Crippen LogP contribution is -2.37. The van der Waals surface area contributed by atoms with E-state index in [1.54, 1.807) is 24.3 Å². The summed E-state index contributed by atoms with van der Waals surface area (Å²) in [6, 6.07) is 16.0. The van der Waals surface area contributed by atoms with Gasteiger partial charge in [-0.15, -0.1) is 0 Å². The lowest BCUT2D eigenvalue weighted by atomic mass is 9.73. The zero-order chi connectivity index (χ0) is 14.6. The summed E-state index contributed by atoms with van der Waals surface area (Å²) >= 11 is 0. The van der Waals surface area contributed by atoms with E-state index in [2.05, 4.69) is 0 Å². The van der Waals surface area contributed by atoms with Crippen LogP contribution in [0.3, 0.4) is 0 Å². The first-order valence-electron chi connectivity index (χ1n) is 6.65. The second kappa shape index (κ2) is 5.78. The number of phenols is 1. The van der Waals surface area contributed by atoms with Crippen molar-refractivity contribution in [2.24, 2.45) is 0 Å². The van der Waals surface area contributed by atoms with Crippen molar-refractivity contribution in [2.45, 2.75) is 25.2 Å². The van der Waals surface area contributed by atoms with Crippen molar-refractivity contribution >= 4 is 5.97 Å². The summed E-state index contributed by atoms with van der Waals surface area (Å²) < 4.78 is 0. The highest BCUT2D eigenvalue weighted by atomic mass is 16.4. The highest BCUT2D eigenvalue weighted by molar-refractivity contribution is 5.81. The molecular weight excluding hydrogens is 252 g/mol. The van der Waals surface area contributed by atoms with Crippen molar-refractivity contribution in [2.75, 3.05) is 0 Å². The minimum Gasteiger partial charge on any atom is -0.508 e. The standard InChI is InChI=1S/C17H18O3/c1-2-17(16(19)20,14-6-4-3-5-7-14)12-13-8-10-15(18)11-9-13/h3-11,18H,2,12H2,1H3,(H,19,20). The predicted molar refractivity (Wildman–Crippen MR) is 77.9 cm³/mol. The molecule has 2 aromatic rings. The zero-order valence-corrected chi connectivity index (χ0v) is 11.4. The van der Waals surface area contributed by atoms with Crippen LogP contribution in [-0.4, -0.2) is 16.2 Å². The monoisotopic (exact) mass is 270 g/mol. The maximum Gasteiger partial charge on any atom is 0.314 e. The molecule has 1 atom stereocenters. The molecule has 0 aliphatic carbocycles. The number of hydrogen-bond donors (Lipinski definition) is 2. The third-order valence-corrected chi connectivity index (χ3v) is 3.78. The van der Waals surface area contributed by atoms with Crippen molar-refractivity contribution in [3.05, 3.63) is 65.7 Å². The third kappa shape index (κ3) is 2.67. The van der Waals surface area contributed by atoms with Gasteiger partial charge in [-0.2, -0.15) is 0 Å². The van der Waals surface area contributed by atoms with Gasteiger partial charge in [-0.05, 0) is 36.1 Å². The Morgan fingerprint density at radius 1 is 1.05 bits per heavy atom. The van der Waals surface area contributed by atoms with E-state index < -0.39 is 11.4 Å². The summed E-state index contributed by atoms with van der Waals surface area (Å²) in [6.07, 6.45) is 0.913. The largest absolute Gasteiger partial charge is 0.508 e. The van der Waals surface area contributed by atoms with Gasteiger partial charge in [0.2, 0.25) is 0 Å². The SMILES string of the molecule is CCC(Cc1ccc(O)cc1)(C(=O)O)c1ccccc1. The number of aromatic hydroxyl groups is 1. The smallest absolute Gasteiger partial charge is 0.314 e. The van der Waals surface area contributed by atoms with E-state index in [1.807, 2.05) is 37.3 Å². The summed E-state index contributed by atoms with van der Waals surface area (Å²) in [4.78, 5) is 11.9. The summed E-state index contributed by atoms with van der Waals surface area (Å²) in [5.41, 5.74) is 0.775. The van der Waals surface area contributed by atoms with E-state index >= 15 is 0 Å². The second-order valence-electron chi connectivity index (χ2n) is 4.95. The van der Waals surface area contributed by atoms with Crippen LogP contribution in [0.4, 0.5) is 0 Å². The Labute approximate surface area is 118 Å². The minimum atomic E-state index is -0.932. The molecule has 3 nitrogen and oxygen atoms in total. The Bertz CT molecular complexity index is 575. The van der Waals surface area contributed by atoms with E-state index in [-0.39, 0.29) is 5.75 Å². The molecule has 2 N–H and O–H groups in total. The van der Waals surface area contributed by atoms with Gasteiger partial charge in [-0.1, -0.05) is 49.4 Å². The van der Waals surface area contributed by atoms with Crippen molar-refractivity contribution in [1.29, 1.82) is 0 Å². The number of rotatable bonds is 5. The molecule has 0 aromatic heterocycles. The van der Waals surface area contributed by atoms with Gasteiger partial charge >= 0.3 is 5.97 Å². The third-order valence-electron chi connectivity index (χ3n) is 3.78. The Morgan fingerprint density at radius 3 is 2.15 bits per heavy atom. The molecule has 20 heavy (non-hydrogen) atoms. The second-order valence-corrected chi connectivity index (χ2v) is 4.95. The average molecular weight is 270 g/mol. The number of phenolic OH excluding ortho intramolecular Hbond substituents is 1. The Kier molecular flexibility index (Phi) is 4.08. The first-order valence-corrected chi connectivity index (χ1v) is 6.65. The van der Waals surface area contributed by atoms with E-state index in [0.717, 1.165) is 11.1 Å². The molecule has 2 aromatic carbocycles. The fraction of sp³-hybridized carbons (Fsp3) is 0.235. The van der Waals surface area contributed by atoms with Gasteiger partial charge in [0.1, 0.15) is 5.75 Å². The Hall–Kier alpha value is -2.29. The van der Waals surface area contributed by atoms with Crippen molar-refractivity contribution in [3.63, 3.8) is 0 Å². The van der Waals surface area contributed by atoms with Crippen LogP contribution in [-0.2, 0) is 16.6 Å². The van der Waals surface area contributed by atoms with E-state index in [4.69, 9.17) is 0 Å². The van der Waals surface area contributed by atoms with Gasteiger partial charge in [-0.25, -0.2) is 0 Å². The first kappa shape index (κ1) is 14.1. The van der Waals surface area contributed by atoms with Crippen LogP contribution in [0.25, 0.3) is 0 Å². The summed E-state index contributed by atoms with van der Waals surface area (Å²) in [5.74, 6) is -0.634. The number of hydrogen-bond acceptors (Lipinski definition) is 2. The normalized spacial score (nSPS) is 13.7. The minimum absolute atomic E-state index is 0.186. The van der Waals surface area contributed by atoms with Crippen LogP contribution in [0, 0.1) is 0 Å². The topological polar surface area (TPSA) is 57.5 Å². The maximum atomic E-state index is 11.9. The quantitative estimate of drug-likeness (QED) is 0.875. The molecule has 2 rings (SSSR count). The van der Waals surface area contributed by atoms with Gasteiger partial charge in [0.25, 0.3) is 0 Å². The fourth-order valence-electron chi connectivity index (χ4n) is 2.50. The highest BCUT2D eigenvalue weighted by Crippen LogP contribution is 2.32. The van der Waals surface area contributed by atoms with Gasteiger partial charge in [0, 0.05) is 0 Å². The summed E-state index contributed by atoms with van der Waals surface area (Å²) in [6.45, 7) is 1.89. The van der Waals surface area contributed by atoms with Gasteiger partial charge in [-0.3, -0.25) is 4.79 Å². The van der Waals surface area contributed by atoms with Crippen molar-refractivity contribution < 1.29 is 15.0 Å². The average Bonchev–Trinajstić information content (AvgIpc) is 2.47.